The number of nitrogens with two attached hydrogens (primary N) is 1. The van der Waals surface area contributed by atoms with Gasteiger partial charge < -0.3 is 10.5 Å². The van der Waals surface area contributed by atoms with Crippen LogP contribution in [-0.4, -0.2) is 27.1 Å². The summed E-state index contributed by atoms with van der Waals surface area (Å²) in [6.45, 7) is 2.90. The van der Waals surface area contributed by atoms with Crippen LogP contribution in [0, 0.1) is 0 Å². The number of hydrogen-bond acceptors (Lipinski definition) is 5. The quantitative estimate of drug-likeness (QED) is 0.588. The van der Waals surface area contributed by atoms with E-state index in [1.807, 2.05) is 0 Å². The smallest absolute Gasteiger partial charge is 0.363 e. The van der Waals surface area contributed by atoms with Crippen molar-refractivity contribution in [3.63, 3.8) is 0 Å². The molecule has 2 N–H and O–H groups in total. The van der Waals surface area contributed by atoms with Crippen molar-refractivity contribution in [1.29, 1.82) is 0 Å². The molecule has 0 aromatic carbocycles. The van der Waals surface area contributed by atoms with Crippen molar-refractivity contribution in [2.24, 2.45) is 0 Å². The fraction of sp³-hybridized carbons (Fsp3) is 0.812. The van der Waals surface area contributed by atoms with Crippen LogP contribution >= 0.6 is 0 Å². The van der Waals surface area contributed by atoms with E-state index in [2.05, 4.69) is 17.2 Å². The number of rotatable bonds is 8. The van der Waals surface area contributed by atoms with Gasteiger partial charge in [-0.1, -0.05) is 44.2 Å². The molecule has 6 heteroatoms. The molecule has 0 bridgehead atoms. The Labute approximate surface area is 132 Å². The first-order valence-electron chi connectivity index (χ1n) is 8.62. The Kier molecular flexibility index (Phi) is 6.68. The molecule has 1 aliphatic carbocycles. The minimum Gasteiger partial charge on any atom is -0.458 e. The molecule has 0 amide bonds. The zero-order chi connectivity index (χ0) is 15.8. The molecule has 1 heterocycles. The maximum atomic E-state index is 12.1. The van der Waals surface area contributed by atoms with Crippen LogP contribution in [0.2, 0.25) is 0 Å². The van der Waals surface area contributed by atoms with Gasteiger partial charge in [-0.05, 0) is 32.1 Å². The van der Waals surface area contributed by atoms with Gasteiger partial charge in [0, 0.05) is 6.54 Å². The van der Waals surface area contributed by atoms with Crippen LogP contribution in [0.1, 0.15) is 81.6 Å². The summed E-state index contributed by atoms with van der Waals surface area (Å²) in [5, 5.41) is 7.90. The number of ether oxygens (including phenoxy) is 1. The molecule has 0 unspecified atom stereocenters. The van der Waals surface area contributed by atoms with Gasteiger partial charge in [-0.15, -0.1) is 5.10 Å². The van der Waals surface area contributed by atoms with Crippen LogP contribution in [0.4, 0.5) is 5.82 Å². The van der Waals surface area contributed by atoms with Crippen molar-refractivity contribution in [2.75, 3.05) is 5.73 Å². The highest BCUT2D eigenvalue weighted by Gasteiger charge is 2.23. The fourth-order valence-electron chi connectivity index (χ4n) is 2.89. The number of hydrogen-bond donors (Lipinski definition) is 1. The second kappa shape index (κ2) is 8.76. The SMILES string of the molecule is CCCCCCCn1nnc(C(=O)OC2CCCCC2)c1N. The number of nitrogen functional groups attached to an aromatic ring is 1. The third-order valence-electron chi connectivity index (χ3n) is 4.27. The van der Waals surface area contributed by atoms with Crippen LogP contribution in [0.25, 0.3) is 0 Å². The average molecular weight is 308 g/mol. The number of carbonyl (C=O) groups excluding carboxylic acids is 1. The zero-order valence-electron chi connectivity index (χ0n) is 13.6. The number of anilines is 1. The molecule has 1 aromatic heterocycles. The van der Waals surface area contributed by atoms with Crippen LogP contribution in [0.5, 0.6) is 0 Å². The first-order chi connectivity index (χ1) is 10.7. The summed E-state index contributed by atoms with van der Waals surface area (Å²) < 4.78 is 7.11. The summed E-state index contributed by atoms with van der Waals surface area (Å²) in [7, 11) is 0. The Morgan fingerprint density at radius 3 is 2.68 bits per heavy atom. The lowest BCUT2D eigenvalue weighted by Gasteiger charge is -2.21. The van der Waals surface area contributed by atoms with Crippen LogP contribution in [-0.2, 0) is 11.3 Å². The maximum absolute atomic E-state index is 12.1. The van der Waals surface area contributed by atoms with Crippen LogP contribution in [0.15, 0.2) is 0 Å². The monoisotopic (exact) mass is 308 g/mol. The predicted octanol–water partition coefficient (Wildman–Crippen LogP) is 3.32. The van der Waals surface area contributed by atoms with E-state index >= 15 is 0 Å². The standard InChI is InChI=1S/C16H28N4O2/c1-2-3-4-5-9-12-20-15(17)14(18-19-20)16(21)22-13-10-7-6-8-11-13/h13H,2-12,17H2,1H3. The molecule has 1 fully saturated rings. The van der Waals surface area contributed by atoms with E-state index < -0.39 is 5.97 Å². The zero-order valence-corrected chi connectivity index (χ0v) is 13.6. The minimum atomic E-state index is -0.429. The van der Waals surface area contributed by atoms with Crippen LogP contribution < -0.4 is 5.73 Å². The maximum Gasteiger partial charge on any atom is 0.363 e. The molecule has 1 aliphatic rings. The van der Waals surface area contributed by atoms with E-state index in [0.29, 0.717) is 12.4 Å². The molecule has 1 saturated carbocycles. The van der Waals surface area contributed by atoms with Crippen molar-refractivity contribution in [3.05, 3.63) is 5.69 Å². The van der Waals surface area contributed by atoms with Gasteiger partial charge in [-0.2, -0.15) is 0 Å². The number of nitrogens with zero attached hydrogens (tertiary/aromatic N) is 3. The lowest BCUT2D eigenvalue weighted by atomic mass is 9.98. The Balaban J connectivity index is 1.82. The van der Waals surface area contributed by atoms with E-state index in [0.717, 1.165) is 38.5 Å². The van der Waals surface area contributed by atoms with Gasteiger partial charge in [0.1, 0.15) is 6.10 Å². The molecule has 2 rings (SSSR count). The van der Waals surface area contributed by atoms with Gasteiger partial charge in [-0.25, -0.2) is 9.48 Å². The highest BCUT2D eigenvalue weighted by atomic mass is 16.5. The highest BCUT2D eigenvalue weighted by Crippen LogP contribution is 2.22. The largest absolute Gasteiger partial charge is 0.458 e. The van der Waals surface area contributed by atoms with Gasteiger partial charge in [0.2, 0.25) is 5.69 Å². The number of carbonyl (C=O) groups is 1. The molecule has 0 aliphatic heterocycles. The average Bonchev–Trinajstić information content (AvgIpc) is 2.89. The van der Waals surface area contributed by atoms with E-state index in [1.165, 1.54) is 25.7 Å². The van der Waals surface area contributed by atoms with Gasteiger partial charge >= 0.3 is 5.97 Å². The molecule has 22 heavy (non-hydrogen) atoms. The third-order valence-corrected chi connectivity index (χ3v) is 4.27. The number of esters is 1. The lowest BCUT2D eigenvalue weighted by molar-refractivity contribution is 0.0205. The third kappa shape index (κ3) is 4.71. The molecular formula is C16H28N4O2. The van der Waals surface area contributed by atoms with Crippen molar-refractivity contribution in [2.45, 2.75) is 83.8 Å². The van der Waals surface area contributed by atoms with Crippen LogP contribution in [0.3, 0.4) is 0 Å². The fourth-order valence-corrected chi connectivity index (χ4v) is 2.89. The Morgan fingerprint density at radius 2 is 1.95 bits per heavy atom. The Hall–Kier alpha value is -1.59. The summed E-state index contributed by atoms with van der Waals surface area (Å²) in [5.74, 6) is -0.0991. The minimum absolute atomic E-state index is 0.0137. The number of unbranched alkanes of at least 4 members (excludes halogenated alkanes) is 4. The van der Waals surface area contributed by atoms with E-state index in [4.69, 9.17) is 10.5 Å². The molecule has 124 valence electrons. The summed E-state index contributed by atoms with van der Waals surface area (Å²) >= 11 is 0. The molecule has 0 saturated heterocycles. The summed E-state index contributed by atoms with van der Waals surface area (Å²) in [6, 6.07) is 0. The summed E-state index contributed by atoms with van der Waals surface area (Å²) in [5.41, 5.74) is 6.15. The normalized spacial score (nSPS) is 15.9. The second-order valence-electron chi connectivity index (χ2n) is 6.13. The second-order valence-corrected chi connectivity index (χ2v) is 6.13. The van der Waals surface area contributed by atoms with Gasteiger partial charge in [0.05, 0.1) is 0 Å². The number of aromatic nitrogens is 3. The topological polar surface area (TPSA) is 83.0 Å². The van der Waals surface area contributed by atoms with Crippen molar-refractivity contribution in [3.8, 4) is 0 Å². The molecule has 0 radical (unpaired) electrons. The van der Waals surface area contributed by atoms with E-state index in [1.54, 1.807) is 4.68 Å². The predicted molar refractivity (Wildman–Crippen MR) is 85.5 cm³/mol. The van der Waals surface area contributed by atoms with Crippen molar-refractivity contribution in [1.82, 2.24) is 15.0 Å². The highest BCUT2D eigenvalue weighted by molar-refractivity contribution is 5.91. The Morgan fingerprint density at radius 1 is 1.23 bits per heavy atom. The molecule has 6 nitrogen and oxygen atoms in total. The first-order valence-corrected chi connectivity index (χ1v) is 8.62. The number of aryl methyl sites for hydroxylation is 1. The van der Waals surface area contributed by atoms with Gasteiger partial charge in [-0.3, -0.25) is 0 Å². The molecule has 1 aromatic rings. The lowest BCUT2D eigenvalue weighted by Crippen LogP contribution is -2.22. The van der Waals surface area contributed by atoms with Gasteiger partial charge in [0.15, 0.2) is 5.82 Å². The van der Waals surface area contributed by atoms with E-state index in [-0.39, 0.29) is 11.8 Å². The van der Waals surface area contributed by atoms with E-state index in [9.17, 15) is 4.79 Å². The van der Waals surface area contributed by atoms with Crippen molar-refractivity contribution >= 4 is 11.8 Å². The van der Waals surface area contributed by atoms with Gasteiger partial charge in [0.25, 0.3) is 0 Å². The molecule has 0 atom stereocenters. The van der Waals surface area contributed by atoms with Crippen molar-refractivity contribution < 1.29 is 9.53 Å². The molecular weight excluding hydrogens is 280 g/mol. The first kappa shape index (κ1) is 16.8. The summed E-state index contributed by atoms with van der Waals surface area (Å²) in [6.07, 6.45) is 11.2. The summed E-state index contributed by atoms with van der Waals surface area (Å²) in [4.78, 5) is 12.1. The Bertz CT molecular complexity index is 467. The molecule has 0 spiro atoms.